The minimum atomic E-state index is -0.0113. The topological polar surface area (TPSA) is 56.2 Å². The van der Waals surface area contributed by atoms with Crippen LogP contribution in [0.3, 0.4) is 0 Å². The zero-order valence-corrected chi connectivity index (χ0v) is 20.3. The molecule has 0 unspecified atom stereocenters. The zero-order valence-electron chi connectivity index (χ0n) is 20.3. The summed E-state index contributed by atoms with van der Waals surface area (Å²) in [7, 11) is 1.68. The van der Waals surface area contributed by atoms with E-state index in [4.69, 9.17) is 9.84 Å². The highest BCUT2D eigenvalue weighted by Crippen LogP contribution is 2.55. The number of hydrogen-bond acceptors (Lipinski definition) is 3. The molecule has 0 aliphatic heterocycles. The summed E-state index contributed by atoms with van der Waals surface area (Å²) in [4.78, 5) is 13.3. The number of fused-ring (bicyclic) bond motifs is 1. The summed E-state index contributed by atoms with van der Waals surface area (Å²) < 4.78 is 7.35. The molecule has 4 aromatic rings. The fraction of sp³-hybridized carbons (Fsp3) is 0.333. The van der Waals surface area contributed by atoms with Crippen molar-refractivity contribution < 1.29 is 9.53 Å². The van der Waals surface area contributed by atoms with E-state index in [9.17, 15) is 4.79 Å². The summed E-state index contributed by atoms with van der Waals surface area (Å²) in [5, 5.41) is 8.97. The Labute approximate surface area is 206 Å². The number of nitrogens with one attached hydrogen (secondary N) is 1. The number of methoxy groups -OCH3 is 1. The van der Waals surface area contributed by atoms with E-state index >= 15 is 0 Å². The van der Waals surface area contributed by atoms with E-state index in [0.29, 0.717) is 17.0 Å². The lowest BCUT2D eigenvalue weighted by molar-refractivity contribution is -0.000604. The van der Waals surface area contributed by atoms with Gasteiger partial charge in [-0.15, -0.1) is 0 Å². The maximum Gasteiger partial charge on any atom is 0.253 e. The molecule has 6 rings (SSSR count). The maximum atomic E-state index is 13.3. The van der Waals surface area contributed by atoms with Crippen molar-refractivity contribution in [3.8, 4) is 16.9 Å². The fourth-order valence-electron chi connectivity index (χ4n) is 5.91. The first-order chi connectivity index (χ1) is 17.0. The first kappa shape index (κ1) is 21.9. The smallest absolute Gasteiger partial charge is 0.253 e. The first-order valence-corrected chi connectivity index (χ1v) is 12.6. The highest BCUT2D eigenvalue weighted by molar-refractivity contribution is 6.05. The number of nitrogens with zero attached hydrogens (tertiary/aromatic N) is 2. The van der Waals surface area contributed by atoms with Gasteiger partial charge in [-0.2, -0.15) is 5.10 Å². The molecule has 1 spiro atoms. The van der Waals surface area contributed by atoms with Gasteiger partial charge < -0.3 is 10.1 Å². The summed E-state index contributed by atoms with van der Waals surface area (Å²) in [5.41, 5.74) is 5.53. The Kier molecular flexibility index (Phi) is 5.36. The minimum absolute atomic E-state index is 0.0112. The molecular weight excluding hydrogens is 434 g/mol. The van der Waals surface area contributed by atoms with Crippen LogP contribution in [0.15, 0.2) is 72.9 Å². The molecule has 1 atom stereocenters. The largest absolute Gasteiger partial charge is 0.497 e. The van der Waals surface area contributed by atoms with Crippen LogP contribution in [0.2, 0.25) is 0 Å². The summed E-state index contributed by atoms with van der Waals surface area (Å²) >= 11 is 0. The maximum absolute atomic E-state index is 13.3. The van der Waals surface area contributed by atoms with Crippen molar-refractivity contribution in [2.24, 2.45) is 5.41 Å². The van der Waals surface area contributed by atoms with Gasteiger partial charge in [0, 0.05) is 11.4 Å². The lowest BCUT2D eigenvalue weighted by Gasteiger charge is -2.54. The Bertz CT molecular complexity index is 1380. The summed E-state index contributed by atoms with van der Waals surface area (Å²) in [6.45, 7) is 2.13. The molecule has 1 N–H and O–H groups in total. The number of rotatable bonds is 6. The van der Waals surface area contributed by atoms with E-state index in [1.807, 2.05) is 47.3 Å². The van der Waals surface area contributed by atoms with Gasteiger partial charge >= 0.3 is 0 Å². The predicted octanol–water partition coefficient (Wildman–Crippen LogP) is 6.38. The second-order valence-electron chi connectivity index (χ2n) is 10.3. The van der Waals surface area contributed by atoms with Crippen molar-refractivity contribution in [1.29, 1.82) is 0 Å². The monoisotopic (exact) mass is 465 g/mol. The van der Waals surface area contributed by atoms with Gasteiger partial charge in [0.15, 0.2) is 0 Å². The van der Waals surface area contributed by atoms with Crippen LogP contribution in [-0.4, -0.2) is 28.8 Å². The van der Waals surface area contributed by atoms with Crippen LogP contribution in [-0.2, 0) is 0 Å². The molecule has 2 aliphatic rings. The summed E-state index contributed by atoms with van der Waals surface area (Å²) in [6, 6.07) is 22.8. The average molecular weight is 466 g/mol. The number of carbonyl (C=O) groups is 1. The number of amides is 1. The third-order valence-corrected chi connectivity index (χ3v) is 8.13. The third kappa shape index (κ3) is 3.89. The van der Waals surface area contributed by atoms with Crippen molar-refractivity contribution in [1.82, 2.24) is 15.1 Å². The number of ether oxygens (including phenoxy) is 1. The molecule has 5 nitrogen and oxygen atoms in total. The van der Waals surface area contributed by atoms with Gasteiger partial charge in [-0.3, -0.25) is 9.48 Å². The molecule has 0 saturated heterocycles. The van der Waals surface area contributed by atoms with Gasteiger partial charge in [-0.1, -0.05) is 55.0 Å². The van der Waals surface area contributed by atoms with Crippen LogP contribution in [0.1, 0.15) is 61.0 Å². The summed E-state index contributed by atoms with van der Waals surface area (Å²) in [6.07, 6.45) is 8.12. The lowest BCUT2D eigenvalue weighted by Crippen LogP contribution is -2.53. The molecule has 5 heteroatoms. The first-order valence-electron chi connectivity index (χ1n) is 12.6. The molecule has 1 heterocycles. The van der Waals surface area contributed by atoms with Crippen molar-refractivity contribution >= 4 is 16.8 Å². The average Bonchev–Trinajstić information content (AvgIpc) is 3.28. The molecule has 2 saturated carbocycles. The van der Waals surface area contributed by atoms with Crippen molar-refractivity contribution in [3.63, 3.8) is 0 Å². The number of hydrogen-bond donors (Lipinski definition) is 1. The van der Waals surface area contributed by atoms with Gasteiger partial charge in [0.25, 0.3) is 5.91 Å². The molecule has 2 aliphatic carbocycles. The predicted molar refractivity (Wildman–Crippen MR) is 139 cm³/mol. The standard InChI is InChI=1S/C30H31N3O2/c1-20(21-10-12-22(13-11-21)23-6-3-8-26(16-23)35-2)33-28-24(19-31-33)7-4-9-27(28)29(34)32-25-17-30(18-25)14-5-15-30/h3-4,6-13,16,19-20,25H,5,14-15,17-18H2,1-2H3,(H,32,34)/t20-/m0/s1. The van der Waals surface area contributed by atoms with Crippen LogP contribution in [0.4, 0.5) is 0 Å². The zero-order chi connectivity index (χ0) is 24.0. The number of benzene rings is 3. The van der Waals surface area contributed by atoms with E-state index < -0.39 is 0 Å². The number of carbonyl (C=O) groups excluding carboxylic acids is 1. The van der Waals surface area contributed by atoms with Gasteiger partial charge in [-0.25, -0.2) is 0 Å². The third-order valence-electron chi connectivity index (χ3n) is 8.13. The Morgan fingerprint density at radius 3 is 2.54 bits per heavy atom. The van der Waals surface area contributed by atoms with E-state index in [-0.39, 0.29) is 11.9 Å². The van der Waals surface area contributed by atoms with E-state index in [1.54, 1.807) is 7.11 Å². The second-order valence-corrected chi connectivity index (χ2v) is 10.3. The van der Waals surface area contributed by atoms with Crippen LogP contribution < -0.4 is 10.1 Å². The Morgan fingerprint density at radius 2 is 1.83 bits per heavy atom. The van der Waals surface area contributed by atoms with E-state index in [2.05, 4.69) is 42.6 Å². The molecule has 0 radical (unpaired) electrons. The fourth-order valence-corrected chi connectivity index (χ4v) is 5.91. The lowest BCUT2D eigenvalue weighted by atomic mass is 9.54. The van der Waals surface area contributed by atoms with Crippen LogP contribution in [0, 0.1) is 5.41 Å². The highest BCUT2D eigenvalue weighted by atomic mass is 16.5. The summed E-state index contributed by atoms with van der Waals surface area (Å²) in [5.74, 6) is 0.857. The minimum Gasteiger partial charge on any atom is -0.497 e. The van der Waals surface area contributed by atoms with E-state index in [1.165, 1.54) is 19.3 Å². The quantitative estimate of drug-likeness (QED) is 0.359. The number of aromatic nitrogens is 2. The van der Waals surface area contributed by atoms with Crippen molar-refractivity contribution in [2.45, 2.75) is 51.1 Å². The molecule has 1 amide bonds. The molecular formula is C30H31N3O2. The van der Waals surface area contributed by atoms with Crippen LogP contribution in [0.25, 0.3) is 22.0 Å². The Hall–Kier alpha value is -3.60. The second kappa shape index (κ2) is 8.56. The number of para-hydroxylation sites is 1. The molecule has 35 heavy (non-hydrogen) atoms. The van der Waals surface area contributed by atoms with Gasteiger partial charge in [-0.05, 0) is 72.9 Å². The van der Waals surface area contributed by atoms with Crippen molar-refractivity contribution in [3.05, 3.63) is 84.1 Å². The van der Waals surface area contributed by atoms with Crippen LogP contribution in [0.5, 0.6) is 5.75 Å². The van der Waals surface area contributed by atoms with Crippen LogP contribution >= 0.6 is 0 Å². The van der Waals surface area contributed by atoms with Gasteiger partial charge in [0.1, 0.15) is 5.75 Å². The molecule has 178 valence electrons. The van der Waals surface area contributed by atoms with E-state index in [0.717, 1.165) is 46.2 Å². The molecule has 1 aromatic heterocycles. The molecule has 3 aromatic carbocycles. The highest BCUT2D eigenvalue weighted by Gasteiger charge is 2.48. The molecule has 2 fully saturated rings. The SMILES string of the molecule is COc1cccc(-c2ccc([C@H](C)n3ncc4cccc(C(=O)NC5CC6(CCC6)C5)c43)cc2)c1. The molecule has 0 bridgehead atoms. The Balaban J connectivity index is 1.25. The van der Waals surface area contributed by atoms with Crippen molar-refractivity contribution in [2.75, 3.05) is 7.11 Å². The Morgan fingerprint density at radius 1 is 1.06 bits per heavy atom. The normalized spacial score (nSPS) is 17.5. The van der Waals surface area contributed by atoms with Gasteiger partial charge in [0.2, 0.25) is 0 Å². The van der Waals surface area contributed by atoms with Gasteiger partial charge in [0.05, 0.1) is 30.4 Å².